The van der Waals surface area contributed by atoms with Crippen molar-refractivity contribution >= 4 is 12.1 Å². The van der Waals surface area contributed by atoms with Crippen LogP contribution < -0.4 is 5.32 Å². The molecule has 1 atom stereocenters. The summed E-state index contributed by atoms with van der Waals surface area (Å²) in [5, 5.41) is 3.09. The summed E-state index contributed by atoms with van der Waals surface area (Å²) in [5.74, 6) is 1.20. The summed E-state index contributed by atoms with van der Waals surface area (Å²) in [6.45, 7) is 6.02. The molecule has 2 aromatic rings. The molecule has 0 unspecified atom stereocenters. The van der Waals surface area contributed by atoms with Crippen LogP contribution >= 0.6 is 0 Å². The van der Waals surface area contributed by atoms with E-state index in [1.807, 2.05) is 19.3 Å². The van der Waals surface area contributed by atoms with Crippen LogP contribution in [0.2, 0.25) is 0 Å². The third-order valence-corrected chi connectivity index (χ3v) is 7.41. The van der Waals surface area contributed by atoms with Crippen molar-refractivity contribution in [3.05, 3.63) is 64.5 Å². The van der Waals surface area contributed by atoms with Gasteiger partial charge in [-0.1, -0.05) is 26.0 Å². The minimum atomic E-state index is -4.34. The fourth-order valence-corrected chi connectivity index (χ4v) is 5.54. The van der Waals surface area contributed by atoms with Crippen molar-refractivity contribution in [2.75, 3.05) is 13.6 Å². The lowest BCUT2D eigenvalue weighted by Crippen LogP contribution is -2.31. The Morgan fingerprint density at radius 3 is 2.50 bits per heavy atom. The van der Waals surface area contributed by atoms with E-state index < -0.39 is 11.7 Å². The predicted molar refractivity (Wildman–Crippen MR) is 135 cm³/mol. The first-order valence-corrected chi connectivity index (χ1v) is 12.7. The molecule has 4 rings (SSSR count). The monoisotopic (exact) mass is 500 g/mol. The third-order valence-electron chi connectivity index (χ3n) is 7.41. The number of nitrogens with one attached hydrogen (secondary N) is 1. The summed E-state index contributed by atoms with van der Waals surface area (Å²) in [4.78, 5) is 23.9. The normalized spacial score (nSPS) is 22.8. The standard InChI is InChI=1S/C28H35F3N4O/c1-18(2)26-25-23(17-35(26)16-21-8-10-24(11-9-21)28(29,30)31)12-22(15-33-25)27(36)34-14-20-6-4-19(5-7-20)13-32-3/h8-13,15,18-20,26H,4-7,14,16-17H2,1-3H3,(H,34,36)/t19-,20-,26-/m0/s1. The van der Waals surface area contributed by atoms with Gasteiger partial charge in [-0.05, 0) is 72.8 Å². The first-order valence-electron chi connectivity index (χ1n) is 12.7. The molecule has 0 bridgehead atoms. The number of aliphatic imine (C=N–C) groups is 1. The first kappa shape index (κ1) is 26.3. The first-order chi connectivity index (χ1) is 17.2. The Bertz CT molecular complexity index is 1070. The number of nitrogens with zero attached hydrogens (tertiary/aromatic N) is 3. The van der Waals surface area contributed by atoms with Crippen molar-refractivity contribution in [2.45, 2.75) is 64.8 Å². The molecule has 5 nitrogen and oxygen atoms in total. The number of amides is 1. The highest BCUT2D eigenvalue weighted by atomic mass is 19.4. The van der Waals surface area contributed by atoms with Gasteiger partial charge in [0.1, 0.15) is 0 Å². The van der Waals surface area contributed by atoms with Gasteiger partial charge in [0.2, 0.25) is 0 Å². The molecule has 2 heterocycles. The zero-order chi connectivity index (χ0) is 25.9. The largest absolute Gasteiger partial charge is 0.416 e. The molecule has 1 saturated carbocycles. The van der Waals surface area contributed by atoms with Crippen molar-refractivity contribution < 1.29 is 18.0 Å². The van der Waals surface area contributed by atoms with Crippen LogP contribution in [0, 0.1) is 17.8 Å². The third kappa shape index (κ3) is 6.14. The highest BCUT2D eigenvalue weighted by molar-refractivity contribution is 5.94. The molecular weight excluding hydrogens is 465 g/mol. The number of pyridine rings is 1. The zero-order valence-electron chi connectivity index (χ0n) is 21.2. The molecule has 1 aromatic heterocycles. The Kier molecular flexibility index (Phi) is 8.13. The summed E-state index contributed by atoms with van der Waals surface area (Å²) in [6.07, 6.45) is 3.76. The van der Waals surface area contributed by atoms with E-state index >= 15 is 0 Å². The number of hydrogen-bond acceptors (Lipinski definition) is 4. The van der Waals surface area contributed by atoms with E-state index in [-0.39, 0.29) is 17.9 Å². The number of hydrogen-bond donors (Lipinski definition) is 1. The molecular formula is C28H35F3N4O. The fourth-order valence-electron chi connectivity index (χ4n) is 5.54. The highest BCUT2D eigenvalue weighted by Gasteiger charge is 2.35. The minimum absolute atomic E-state index is 0.0428. The summed E-state index contributed by atoms with van der Waals surface area (Å²) >= 11 is 0. The van der Waals surface area contributed by atoms with Crippen molar-refractivity contribution in [3.63, 3.8) is 0 Å². The van der Waals surface area contributed by atoms with Crippen LogP contribution in [-0.4, -0.2) is 35.6 Å². The second kappa shape index (κ2) is 11.1. The second-order valence-corrected chi connectivity index (χ2v) is 10.5. The number of alkyl halides is 3. The van der Waals surface area contributed by atoms with Gasteiger partial charge in [0.25, 0.3) is 5.91 Å². The molecule has 194 valence electrons. The lowest BCUT2D eigenvalue weighted by atomic mass is 9.82. The van der Waals surface area contributed by atoms with E-state index in [0.717, 1.165) is 54.6 Å². The van der Waals surface area contributed by atoms with Crippen LogP contribution in [0.1, 0.15) is 78.3 Å². The molecule has 0 radical (unpaired) electrons. The van der Waals surface area contributed by atoms with Gasteiger partial charge in [-0.15, -0.1) is 0 Å². The van der Waals surface area contributed by atoms with Gasteiger partial charge in [-0.2, -0.15) is 13.2 Å². The molecule has 1 aliphatic heterocycles. The average molecular weight is 501 g/mol. The predicted octanol–water partition coefficient (Wildman–Crippen LogP) is 6.05. The average Bonchev–Trinajstić information content (AvgIpc) is 3.20. The van der Waals surface area contributed by atoms with E-state index in [9.17, 15) is 18.0 Å². The van der Waals surface area contributed by atoms with Gasteiger partial charge in [0.05, 0.1) is 22.9 Å². The molecule has 0 saturated heterocycles. The molecule has 1 fully saturated rings. The minimum Gasteiger partial charge on any atom is -0.352 e. The van der Waals surface area contributed by atoms with Gasteiger partial charge < -0.3 is 10.3 Å². The van der Waals surface area contributed by atoms with Gasteiger partial charge in [-0.25, -0.2) is 0 Å². The topological polar surface area (TPSA) is 57.6 Å². The van der Waals surface area contributed by atoms with Gasteiger partial charge in [-0.3, -0.25) is 14.7 Å². The summed E-state index contributed by atoms with van der Waals surface area (Å²) in [6, 6.07) is 7.31. The molecule has 1 amide bonds. The number of carbonyl (C=O) groups is 1. The summed E-state index contributed by atoms with van der Waals surface area (Å²) in [5.41, 5.74) is 2.69. The van der Waals surface area contributed by atoms with Crippen molar-refractivity contribution in [1.82, 2.24) is 15.2 Å². The second-order valence-electron chi connectivity index (χ2n) is 10.5. The number of halogens is 3. The molecule has 0 spiro atoms. The Morgan fingerprint density at radius 1 is 1.19 bits per heavy atom. The SMILES string of the molecule is CN=C[C@H]1CC[C@H](CNC(=O)c2cnc3c(c2)CN(Cc2ccc(C(F)(F)F)cc2)[C@H]3C(C)C)CC1. The maximum absolute atomic E-state index is 12.9. The quantitative estimate of drug-likeness (QED) is 0.471. The van der Waals surface area contributed by atoms with Gasteiger partial charge in [0, 0.05) is 39.1 Å². The molecule has 1 N–H and O–H groups in total. The van der Waals surface area contributed by atoms with Crippen LogP contribution in [0.15, 0.2) is 41.5 Å². The lowest BCUT2D eigenvalue weighted by Gasteiger charge is -2.27. The molecule has 8 heteroatoms. The van der Waals surface area contributed by atoms with Crippen LogP contribution in [-0.2, 0) is 19.3 Å². The van der Waals surface area contributed by atoms with Gasteiger partial charge >= 0.3 is 6.18 Å². The number of fused-ring (bicyclic) bond motifs is 1. The Labute approximate surface area is 211 Å². The van der Waals surface area contributed by atoms with Crippen LogP contribution in [0.3, 0.4) is 0 Å². The zero-order valence-corrected chi connectivity index (χ0v) is 21.2. The number of benzene rings is 1. The van der Waals surface area contributed by atoms with E-state index in [0.29, 0.717) is 37.0 Å². The Morgan fingerprint density at radius 2 is 1.89 bits per heavy atom. The highest BCUT2D eigenvalue weighted by Crippen LogP contribution is 2.39. The molecule has 1 aromatic carbocycles. The van der Waals surface area contributed by atoms with Crippen LogP contribution in [0.5, 0.6) is 0 Å². The number of aromatic nitrogens is 1. The van der Waals surface area contributed by atoms with Crippen molar-refractivity contribution in [3.8, 4) is 0 Å². The van der Waals surface area contributed by atoms with E-state index in [4.69, 9.17) is 0 Å². The summed E-state index contributed by atoms with van der Waals surface area (Å²) < 4.78 is 38.8. The van der Waals surface area contributed by atoms with E-state index in [1.54, 1.807) is 6.20 Å². The Hall–Kier alpha value is -2.74. The van der Waals surface area contributed by atoms with Crippen molar-refractivity contribution in [1.29, 1.82) is 0 Å². The van der Waals surface area contributed by atoms with Crippen LogP contribution in [0.25, 0.3) is 0 Å². The fraction of sp³-hybridized carbons (Fsp3) is 0.536. The van der Waals surface area contributed by atoms with E-state index in [2.05, 4.69) is 34.0 Å². The smallest absolute Gasteiger partial charge is 0.352 e. The van der Waals surface area contributed by atoms with E-state index in [1.165, 1.54) is 12.1 Å². The number of carbonyl (C=O) groups excluding carboxylic acids is 1. The molecule has 1 aliphatic carbocycles. The maximum atomic E-state index is 12.9. The van der Waals surface area contributed by atoms with Crippen molar-refractivity contribution in [2.24, 2.45) is 22.7 Å². The Balaban J connectivity index is 1.39. The lowest BCUT2D eigenvalue weighted by molar-refractivity contribution is -0.137. The van der Waals surface area contributed by atoms with Gasteiger partial charge in [0.15, 0.2) is 0 Å². The number of rotatable bonds is 7. The molecule has 36 heavy (non-hydrogen) atoms. The summed E-state index contributed by atoms with van der Waals surface area (Å²) in [7, 11) is 1.81. The van der Waals surface area contributed by atoms with Crippen LogP contribution in [0.4, 0.5) is 13.2 Å². The maximum Gasteiger partial charge on any atom is 0.416 e. The molecule has 2 aliphatic rings.